The molecule has 2 aromatic rings. The van der Waals surface area contributed by atoms with Gasteiger partial charge in [-0.05, 0) is 63.5 Å². The van der Waals surface area contributed by atoms with E-state index in [0.717, 1.165) is 42.9 Å². The summed E-state index contributed by atoms with van der Waals surface area (Å²) in [5.74, 6) is -0.202. The van der Waals surface area contributed by atoms with Crippen LogP contribution < -0.4 is 10.6 Å². The number of amides is 1. The molecule has 0 spiro atoms. The van der Waals surface area contributed by atoms with Crippen molar-refractivity contribution < 1.29 is 4.79 Å². The van der Waals surface area contributed by atoms with Gasteiger partial charge in [0.25, 0.3) is 5.91 Å². The Morgan fingerprint density at radius 2 is 1.96 bits per heavy atom. The third-order valence-electron chi connectivity index (χ3n) is 4.67. The number of aromatic nitrogens is 3. The van der Waals surface area contributed by atoms with Crippen LogP contribution in [0.2, 0.25) is 0 Å². The van der Waals surface area contributed by atoms with Crippen molar-refractivity contribution in [3.63, 3.8) is 0 Å². The highest BCUT2D eigenvalue weighted by Crippen LogP contribution is 2.33. The van der Waals surface area contributed by atoms with Crippen molar-refractivity contribution >= 4 is 23.4 Å². The molecule has 0 atom stereocenters. The molecule has 0 aliphatic carbocycles. The molecule has 1 aromatic carbocycles. The smallest absolute Gasteiger partial charge is 0.278 e. The Balaban J connectivity index is 1.73. The SMILES string of the molecule is Cc1cc(SC(C)(C)C)ccc1NC(=O)c1nnn(C2CCNCC2)c1C. The minimum absolute atomic E-state index is 0.154. The fourth-order valence-electron chi connectivity index (χ4n) is 3.32. The van der Waals surface area contributed by atoms with Gasteiger partial charge in [-0.15, -0.1) is 16.9 Å². The monoisotopic (exact) mass is 387 g/mol. The largest absolute Gasteiger partial charge is 0.320 e. The molecular formula is C20H29N5OS. The van der Waals surface area contributed by atoms with Crippen LogP contribution in [0.3, 0.4) is 0 Å². The summed E-state index contributed by atoms with van der Waals surface area (Å²) in [5, 5.41) is 14.8. The Labute approximate surface area is 165 Å². The van der Waals surface area contributed by atoms with Crippen LogP contribution in [-0.4, -0.2) is 38.7 Å². The van der Waals surface area contributed by atoms with Crippen LogP contribution in [0.5, 0.6) is 0 Å². The zero-order chi connectivity index (χ0) is 19.6. The van der Waals surface area contributed by atoms with E-state index in [0.29, 0.717) is 11.7 Å². The quantitative estimate of drug-likeness (QED) is 0.777. The summed E-state index contributed by atoms with van der Waals surface area (Å²) >= 11 is 1.82. The maximum absolute atomic E-state index is 12.8. The van der Waals surface area contributed by atoms with E-state index in [1.165, 1.54) is 4.90 Å². The van der Waals surface area contributed by atoms with Crippen molar-refractivity contribution in [3.8, 4) is 0 Å². The van der Waals surface area contributed by atoms with Crippen molar-refractivity contribution in [3.05, 3.63) is 35.2 Å². The van der Waals surface area contributed by atoms with E-state index in [4.69, 9.17) is 0 Å². The van der Waals surface area contributed by atoms with Gasteiger partial charge in [0.1, 0.15) is 0 Å². The summed E-state index contributed by atoms with van der Waals surface area (Å²) < 4.78 is 2.06. The Kier molecular flexibility index (Phi) is 5.91. The summed E-state index contributed by atoms with van der Waals surface area (Å²) in [6.45, 7) is 12.5. The Morgan fingerprint density at radius 1 is 1.26 bits per heavy atom. The van der Waals surface area contributed by atoms with Crippen molar-refractivity contribution in [2.24, 2.45) is 0 Å². The van der Waals surface area contributed by atoms with Crippen LogP contribution in [0, 0.1) is 13.8 Å². The number of aryl methyl sites for hydroxylation is 1. The van der Waals surface area contributed by atoms with E-state index < -0.39 is 0 Å². The van der Waals surface area contributed by atoms with Crippen LogP contribution >= 0.6 is 11.8 Å². The summed E-state index contributed by atoms with van der Waals surface area (Å²) in [5.41, 5.74) is 3.09. The number of carbonyl (C=O) groups excluding carboxylic acids is 1. The number of anilines is 1. The van der Waals surface area contributed by atoms with Crippen molar-refractivity contribution in [1.29, 1.82) is 0 Å². The van der Waals surface area contributed by atoms with Gasteiger partial charge in [-0.3, -0.25) is 4.79 Å². The average molecular weight is 388 g/mol. The standard InChI is InChI=1S/C20H29N5OS/c1-13-12-16(27-20(3,4)5)6-7-17(13)22-19(26)18-14(2)25(24-23-18)15-8-10-21-11-9-15/h6-7,12,15,21H,8-11H2,1-5H3,(H,22,26). The van der Waals surface area contributed by atoms with E-state index in [2.05, 4.69) is 53.8 Å². The summed E-state index contributed by atoms with van der Waals surface area (Å²) in [7, 11) is 0. The van der Waals surface area contributed by atoms with Gasteiger partial charge < -0.3 is 10.6 Å². The number of hydrogen-bond acceptors (Lipinski definition) is 5. The van der Waals surface area contributed by atoms with Crippen LogP contribution in [0.1, 0.15) is 61.4 Å². The molecule has 2 heterocycles. The van der Waals surface area contributed by atoms with Gasteiger partial charge in [0.15, 0.2) is 5.69 Å². The predicted molar refractivity (Wildman–Crippen MR) is 111 cm³/mol. The minimum Gasteiger partial charge on any atom is -0.320 e. The molecule has 1 saturated heterocycles. The lowest BCUT2D eigenvalue weighted by atomic mass is 10.1. The first-order chi connectivity index (χ1) is 12.7. The number of hydrogen-bond donors (Lipinski definition) is 2. The van der Waals surface area contributed by atoms with Crippen molar-refractivity contribution in [1.82, 2.24) is 20.3 Å². The third-order valence-corrected chi connectivity index (χ3v) is 5.77. The molecule has 0 saturated carbocycles. The fourth-order valence-corrected chi connectivity index (χ4v) is 4.40. The second-order valence-corrected chi connectivity index (χ2v) is 9.99. The zero-order valence-electron chi connectivity index (χ0n) is 16.8. The Morgan fingerprint density at radius 3 is 2.59 bits per heavy atom. The number of nitrogens with one attached hydrogen (secondary N) is 2. The number of nitrogens with zero attached hydrogens (tertiary/aromatic N) is 3. The Hall–Kier alpha value is -1.86. The fraction of sp³-hybridized carbons (Fsp3) is 0.550. The average Bonchev–Trinajstić information content (AvgIpc) is 2.98. The van der Waals surface area contributed by atoms with E-state index in [-0.39, 0.29) is 10.7 Å². The van der Waals surface area contributed by atoms with Gasteiger partial charge in [-0.2, -0.15) is 0 Å². The molecule has 146 valence electrons. The summed E-state index contributed by atoms with van der Waals surface area (Å²) in [6.07, 6.45) is 2.02. The van der Waals surface area contributed by atoms with Crippen LogP contribution in [0.25, 0.3) is 0 Å². The molecule has 6 nitrogen and oxygen atoms in total. The lowest BCUT2D eigenvalue weighted by Crippen LogP contribution is -2.30. The van der Waals surface area contributed by atoms with Crippen molar-refractivity contribution in [2.45, 2.75) is 63.1 Å². The number of rotatable bonds is 4. The highest BCUT2D eigenvalue weighted by Gasteiger charge is 2.23. The molecule has 1 aliphatic rings. The number of thioether (sulfide) groups is 1. The highest BCUT2D eigenvalue weighted by molar-refractivity contribution is 8.00. The predicted octanol–water partition coefficient (Wildman–Crippen LogP) is 3.96. The minimum atomic E-state index is -0.202. The molecule has 0 radical (unpaired) electrons. The first kappa shape index (κ1) is 19.9. The number of carbonyl (C=O) groups is 1. The van der Waals surface area contributed by atoms with Gasteiger partial charge in [-0.1, -0.05) is 26.0 Å². The van der Waals surface area contributed by atoms with Gasteiger partial charge in [-0.25, -0.2) is 4.68 Å². The van der Waals surface area contributed by atoms with Crippen LogP contribution in [0.15, 0.2) is 23.1 Å². The molecular weight excluding hydrogens is 358 g/mol. The summed E-state index contributed by atoms with van der Waals surface area (Å²) in [6, 6.07) is 6.45. The number of benzene rings is 1. The highest BCUT2D eigenvalue weighted by atomic mass is 32.2. The maximum atomic E-state index is 12.8. The van der Waals surface area contributed by atoms with Gasteiger partial charge in [0.2, 0.25) is 0 Å². The van der Waals surface area contributed by atoms with E-state index in [1.807, 2.05) is 36.4 Å². The normalized spacial score (nSPS) is 15.7. The third kappa shape index (κ3) is 4.90. The lowest BCUT2D eigenvalue weighted by molar-refractivity contribution is 0.102. The van der Waals surface area contributed by atoms with Crippen LogP contribution in [-0.2, 0) is 0 Å². The topological polar surface area (TPSA) is 71.8 Å². The molecule has 1 amide bonds. The summed E-state index contributed by atoms with van der Waals surface area (Å²) in [4.78, 5) is 14.0. The lowest BCUT2D eigenvalue weighted by Gasteiger charge is -2.23. The molecule has 3 rings (SSSR count). The molecule has 1 fully saturated rings. The second kappa shape index (κ2) is 8.02. The molecule has 27 heavy (non-hydrogen) atoms. The molecule has 1 aliphatic heterocycles. The second-order valence-electron chi connectivity index (χ2n) is 8.09. The van der Waals surface area contributed by atoms with Gasteiger partial charge >= 0.3 is 0 Å². The Bertz CT molecular complexity index is 818. The molecule has 0 bridgehead atoms. The van der Waals surface area contributed by atoms with E-state index in [9.17, 15) is 4.79 Å². The zero-order valence-corrected chi connectivity index (χ0v) is 17.6. The van der Waals surface area contributed by atoms with Gasteiger partial charge in [0, 0.05) is 15.3 Å². The van der Waals surface area contributed by atoms with Crippen molar-refractivity contribution in [2.75, 3.05) is 18.4 Å². The maximum Gasteiger partial charge on any atom is 0.278 e. The molecule has 2 N–H and O–H groups in total. The van der Waals surface area contributed by atoms with Crippen LogP contribution in [0.4, 0.5) is 5.69 Å². The van der Waals surface area contributed by atoms with Gasteiger partial charge in [0.05, 0.1) is 11.7 Å². The van der Waals surface area contributed by atoms with E-state index >= 15 is 0 Å². The molecule has 7 heteroatoms. The van der Waals surface area contributed by atoms with E-state index in [1.54, 1.807) is 0 Å². The first-order valence-corrected chi connectivity index (χ1v) is 10.3. The molecule has 0 unspecified atom stereocenters. The molecule has 1 aromatic heterocycles. The first-order valence-electron chi connectivity index (χ1n) is 9.48. The number of piperidine rings is 1.